The third-order valence-electron chi connectivity index (χ3n) is 5.05. The van der Waals surface area contributed by atoms with Crippen LogP contribution in [0.3, 0.4) is 0 Å². The second-order valence-corrected chi connectivity index (χ2v) is 9.92. The van der Waals surface area contributed by atoms with Gasteiger partial charge in [-0.25, -0.2) is 8.42 Å². The fourth-order valence-corrected chi connectivity index (χ4v) is 4.90. The predicted molar refractivity (Wildman–Crippen MR) is 112 cm³/mol. The molecule has 0 saturated carbocycles. The standard InChI is InChI=1S/C22H28N2O4S/c1-17-7-4-5-8-19(17)16-22(2,3)23-21(25)18-9-6-10-20(15-18)29(26,27)24-11-13-28-14-12-24/h4-10,15H,11-14,16H2,1-3H3,(H,23,25). The summed E-state index contributed by atoms with van der Waals surface area (Å²) in [6, 6.07) is 14.3. The molecule has 1 amide bonds. The van der Waals surface area contributed by atoms with E-state index in [1.165, 1.54) is 27.6 Å². The summed E-state index contributed by atoms with van der Waals surface area (Å²) < 4.78 is 32.4. The fraction of sp³-hybridized carbons (Fsp3) is 0.409. The van der Waals surface area contributed by atoms with E-state index in [9.17, 15) is 13.2 Å². The van der Waals surface area contributed by atoms with Crippen molar-refractivity contribution < 1.29 is 17.9 Å². The summed E-state index contributed by atoms with van der Waals surface area (Å²) in [6.45, 7) is 7.38. The van der Waals surface area contributed by atoms with Crippen molar-refractivity contribution in [3.05, 3.63) is 65.2 Å². The molecular formula is C22H28N2O4S. The molecule has 1 heterocycles. The number of ether oxygens (including phenoxy) is 1. The third-order valence-corrected chi connectivity index (χ3v) is 6.94. The number of rotatable bonds is 6. The van der Waals surface area contributed by atoms with Crippen LogP contribution in [0.5, 0.6) is 0 Å². The predicted octanol–water partition coefficient (Wildman–Crippen LogP) is 2.77. The van der Waals surface area contributed by atoms with Crippen molar-refractivity contribution in [2.75, 3.05) is 26.3 Å². The molecule has 1 N–H and O–H groups in total. The Labute approximate surface area is 172 Å². The molecule has 2 aromatic carbocycles. The number of amides is 1. The third kappa shape index (κ3) is 5.23. The second kappa shape index (κ2) is 8.65. The van der Waals surface area contributed by atoms with Gasteiger partial charge in [0.1, 0.15) is 0 Å². The molecule has 6 nitrogen and oxygen atoms in total. The first-order chi connectivity index (χ1) is 13.7. The Morgan fingerprint density at radius 3 is 2.48 bits per heavy atom. The van der Waals surface area contributed by atoms with Gasteiger partial charge in [0.05, 0.1) is 18.1 Å². The van der Waals surface area contributed by atoms with E-state index in [1.54, 1.807) is 12.1 Å². The van der Waals surface area contributed by atoms with Gasteiger partial charge < -0.3 is 10.1 Å². The fourth-order valence-electron chi connectivity index (χ4n) is 3.44. The summed E-state index contributed by atoms with van der Waals surface area (Å²) in [4.78, 5) is 13.0. The summed E-state index contributed by atoms with van der Waals surface area (Å²) in [7, 11) is -3.64. The highest BCUT2D eigenvalue weighted by Gasteiger charge is 2.28. The van der Waals surface area contributed by atoms with Crippen molar-refractivity contribution in [1.29, 1.82) is 0 Å². The van der Waals surface area contributed by atoms with E-state index in [2.05, 4.69) is 11.4 Å². The van der Waals surface area contributed by atoms with Crippen LogP contribution in [0.1, 0.15) is 35.3 Å². The minimum atomic E-state index is -3.64. The Hall–Kier alpha value is -2.22. The minimum absolute atomic E-state index is 0.128. The molecule has 0 aliphatic carbocycles. The maximum atomic E-state index is 12.9. The van der Waals surface area contributed by atoms with Crippen molar-refractivity contribution in [2.24, 2.45) is 0 Å². The lowest BCUT2D eigenvalue weighted by Crippen LogP contribution is -2.45. The average molecular weight is 417 g/mol. The molecule has 29 heavy (non-hydrogen) atoms. The topological polar surface area (TPSA) is 75.7 Å². The highest BCUT2D eigenvalue weighted by molar-refractivity contribution is 7.89. The minimum Gasteiger partial charge on any atom is -0.379 e. The molecular weight excluding hydrogens is 388 g/mol. The van der Waals surface area contributed by atoms with E-state index in [0.717, 1.165) is 0 Å². The number of aryl methyl sites for hydroxylation is 1. The molecule has 1 fully saturated rings. The van der Waals surface area contributed by atoms with Crippen molar-refractivity contribution in [1.82, 2.24) is 9.62 Å². The van der Waals surface area contributed by atoms with Gasteiger partial charge in [-0.2, -0.15) is 4.31 Å². The largest absolute Gasteiger partial charge is 0.379 e. The zero-order valence-electron chi connectivity index (χ0n) is 17.1. The van der Waals surface area contributed by atoms with Gasteiger partial charge in [0, 0.05) is 24.2 Å². The smallest absolute Gasteiger partial charge is 0.251 e. The first-order valence-electron chi connectivity index (χ1n) is 9.74. The lowest BCUT2D eigenvalue weighted by molar-refractivity contribution is 0.0730. The highest BCUT2D eigenvalue weighted by Crippen LogP contribution is 2.20. The van der Waals surface area contributed by atoms with Crippen LogP contribution in [-0.4, -0.2) is 50.5 Å². The summed E-state index contributed by atoms with van der Waals surface area (Å²) in [5.41, 5.74) is 2.19. The number of hydrogen-bond donors (Lipinski definition) is 1. The molecule has 0 bridgehead atoms. The molecule has 3 rings (SSSR count). The van der Waals surface area contributed by atoms with E-state index in [1.807, 2.05) is 39.0 Å². The summed E-state index contributed by atoms with van der Waals surface area (Å²) in [5, 5.41) is 3.04. The first kappa shape index (κ1) is 21.5. The zero-order chi connectivity index (χ0) is 21.1. The van der Waals surface area contributed by atoms with Crippen molar-refractivity contribution in [3.8, 4) is 0 Å². The van der Waals surface area contributed by atoms with E-state index in [4.69, 9.17) is 4.74 Å². The van der Waals surface area contributed by atoms with Gasteiger partial charge in [-0.15, -0.1) is 0 Å². The van der Waals surface area contributed by atoms with Crippen LogP contribution < -0.4 is 5.32 Å². The molecule has 0 atom stereocenters. The Morgan fingerprint density at radius 1 is 1.10 bits per heavy atom. The maximum absolute atomic E-state index is 12.9. The zero-order valence-corrected chi connectivity index (χ0v) is 18.0. The number of carbonyl (C=O) groups is 1. The molecule has 0 unspecified atom stereocenters. The number of morpholine rings is 1. The molecule has 156 valence electrons. The first-order valence-corrected chi connectivity index (χ1v) is 11.2. The van der Waals surface area contributed by atoms with Gasteiger partial charge >= 0.3 is 0 Å². The summed E-state index contributed by atoms with van der Waals surface area (Å²) in [6.07, 6.45) is 0.678. The van der Waals surface area contributed by atoms with Gasteiger partial charge in [0.15, 0.2) is 0 Å². The Kier molecular flexibility index (Phi) is 6.41. The van der Waals surface area contributed by atoms with Crippen molar-refractivity contribution >= 4 is 15.9 Å². The average Bonchev–Trinajstić information content (AvgIpc) is 2.70. The Morgan fingerprint density at radius 2 is 1.79 bits per heavy atom. The molecule has 0 radical (unpaired) electrons. The van der Waals surface area contributed by atoms with Crippen LogP contribution in [0.15, 0.2) is 53.4 Å². The van der Waals surface area contributed by atoms with Gasteiger partial charge in [-0.05, 0) is 56.5 Å². The van der Waals surface area contributed by atoms with Crippen LogP contribution in [0, 0.1) is 6.92 Å². The molecule has 1 aliphatic rings. The number of hydrogen-bond acceptors (Lipinski definition) is 4. The number of sulfonamides is 1. The van der Waals surface area contributed by atoms with E-state index in [0.29, 0.717) is 38.3 Å². The molecule has 7 heteroatoms. The monoisotopic (exact) mass is 416 g/mol. The highest BCUT2D eigenvalue weighted by atomic mass is 32.2. The molecule has 2 aromatic rings. The van der Waals surface area contributed by atoms with Crippen LogP contribution in [-0.2, 0) is 21.2 Å². The normalized spacial score (nSPS) is 15.8. The van der Waals surface area contributed by atoms with Crippen molar-refractivity contribution in [3.63, 3.8) is 0 Å². The summed E-state index contributed by atoms with van der Waals surface area (Å²) >= 11 is 0. The van der Waals surface area contributed by atoms with Crippen LogP contribution >= 0.6 is 0 Å². The molecule has 0 aromatic heterocycles. The number of carbonyl (C=O) groups excluding carboxylic acids is 1. The number of benzene rings is 2. The van der Waals surface area contributed by atoms with Crippen LogP contribution in [0.4, 0.5) is 0 Å². The molecule has 1 aliphatic heterocycles. The molecule has 1 saturated heterocycles. The van der Waals surface area contributed by atoms with Gasteiger partial charge in [0.2, 0.25) is 10.0 Å². The maximum Gasteiger partial charge on any atom is 0.251 e. The number of nitrogens with one attached hydrogen (secondary N) is 1. The Bertz CT molecular complexity index is 980. The lowest BCUT2D eigenvalue weighted by Gasteiger charge is -2.28. The van der Waals surface area contributed by atoms with E-state index in [-0.39, 0.29) is 10.8 Å². The van der Waals surface area contributed by atoms with Crippen molar-refractivity contribution in [2.45, 2.75) is 37.6 Å². The SMILES string of the molecule is Cc1ccccc1CC(C)(C)NC(=O)c1cccc(S(=O)(=O)N2CCOCC2)c1. The van der Waals surface area contributed by atoms with Gasteiger partial charge in [-0.1, -0.05) is 30.3 Å². The van der Waals surface area contributed by atoms with Crippen LogP contribution in [0.25, 0.3) is 0 Å². The number of nitrogens with zero attached hydrogens (tertiary/aromatic N) is 1. The van der Waals surface area contributed by atoms with Gasteiger partial charge in [0.25, 0.3) is 5.91 Å². The van der Waals surface area contributed by atoms with Gasteiger partial charge in [-0.3, -0.25) is 4.79 Å². The second-order valence-electron chi connectivity index (χ2n) is 7.99. The van der Waals surface area contributed by atoms with E-state index < -0.39 is 15.6 Å². The van der Waals surface area contributed by atoms with E-state index >= 15 is 0 Å². The lowest BCUT2D eigenvalue weighted by atomic mass is 9.92. The Balaban J connectivity index is 1.76. The summed E-state index contributed by atoms with van der Waals surface area (Å²) in [5.74, 6) is -0.289. The quantitative estimate of drug-likeness (QED) is 0.786. The molecule has 0 spiro atoms. The van der Waals surface area contributed by atoms with Crippen LogP contribution in [0.2, 0.25) is 0 Å².